The molecule has 0 radical (unpaired) electrons. The average molecular weight is 306 g/mol. The lowest BCUT2D eigenvalue weighted by Crippen LogP contribution is -2.33. The summed E-state index contributed by atoms with van der Waals surface area (Å²) in [5.74, 6) is 0.512. The highest BCUT2D eigenvalue weighted by Crippen LogP contribution is 2.25. The Bertz CT molecular complexity index is 466. The number of hydrogen-bond acceptors (Lipinski definition) is 4. The van der Waals surface area contributed by atoms with Gasteiger partial charge >= 0.3 is 0 Å². The van der Waals surface area contributed by atoms with Crippen LogP contribution in [0.5, 0.6) is 0 Å². The topological polar surface area (TPSA) is 53.0 Å². The quantitative estimate of drug-likeness (QED) is 0.815. The van der Waals surface area contributed by atoms with Crippen molar-refractivity contribution in [2.75, 3.05) is 53.6 Å². The molecule has 2 atom stereocenters. The third kappa shape index (κ3) is 4.29. The number of likely N-dealkylation sites (N-methyl/N-ethyl adjacent to an activating group) is 1. The molecular weight excluding hydrogens is 280 g/mol. The van der Waals surface area contributed by atoms with Crippen LogP contribution in [-0.2, 0) is 4.74 Å². The van der Waals surface area contributed by atoms with Crippen molar-refractivity contribution in [1.82, 2.24) is 9.80 Å². The van der Waals surface area contributed by atoms with E-state index in [1.807, 2.05) is 35.2 Å². The van der Waals surface area contributed by atoms with E-state index in [1.165, 1.54) is 0 Å². The van der Waals surface area contributed by atoms with Crippen LogP contribution < -0.4 is 0 Å². The molecule has 5 heteroatoms. The minimum atomic E-state index is 0.0566. The molecule has 1 amide bonds. The van der Waals surface area contributed by atoms with Crippen LogP contribution in [0, 0.1) is 11.8 Å². The Morgan fingerprint density at radius 2 is 2.00 bits per heavy atom. The molecule has 0 unspecified atom stereocenters. The zero-order valence-corrected chi connectivity index (χ0v) is 13.4. The van der Waals surface area contributed by atoms with Crippen LogP contribution in [0.1, 0.15) is 10.4 Å². The van der Waals surface area contributed by atoms with E-state index in [2.05, 4.69) is 11.9 Å². The zero-order chi connectivity index (χ0) is 15.9. The monoisotopic (exact) mass is 306 g/mol. The smallest absolute Gasteiger partial charge is 0.253 e. The molecule has 1 aliphatic rings. The van der Waals surface area contributed by atoms with Crippen LogP contribution in [0.4, 0.5) is 0 Å². The van der Waals surface area contributed by atoms with E-state index in [1.54, 1.807) is 7.11 Å². The van der Waals surface area contributed by atoms with E-state index in [4.69, 9.17) is 4.74 Å². The molecule has 0 aliphatic carbocycles. The van der Waals surface area contributed by atoms with Gasteiger partial charge in [0, 0.05) is 51.4 Å². The van der Waals surface area contributed by atoms with Gasteiger partial charge in [0.2, 0.25) is 0 Å². The molecule has 0 bridgehead atoms. The minimum Gasteiger partial charge on any atom is -0.396 e. The number of aliphatic hydroxyl groups excluding tert-OH is 1. The summed E-state index contributed by atoms with van der Waals surface area (Å²) in [4.78, 5) is 16.6. The Balaban J connectivity index is 1.95. The molecule has 2 rings (SSSR count). The van der Waals surface area contributed by atoms with Crippen LogP contribution in [0.3, 0.4) is 0 Å². The highest BCUT2D eigenvalue weighted by atomic mass is 16.5. The third-order valence-corrected chi connectivity index (χ3v) is 4.34. The Kier molecular flexibility index (Phi) is 6.36. The Morgan fingerprint density at radius 3 is 2.64 bits per heavy atom. The summed E-state index contributed by atoms with van der Waals surface area (Å²) in [5.41, 5.74) is 0.715. The maximum atomic E-state index is 12.5. The number of likely N-dealkylation sites (tertiary alicyclic amines) is 1. The van der Waals surface area contributed by atoms with Crippen molar-refractivity contribution < 1.29 is 14.6 Å². The fourth-order valence-electron chi connectivity index (χ4n) is 3.02. The van der Waals surface area contributed by atoms with Gasteiger partial charge in [-0.25, -0.2) is 0 Å². The SMILES string of the molecule is COCCN(C)C[C@@H]1CN(C(=O)c2ccccc2)C[C@@H]1CO. The normalized spacial score (nSPS) is 21.5. The third-order valence-electron chi connectivity index (χ3n) is 4.34. The van der Waals surface area contributed by atoms with E-state index in [-0.39, 0.29) is 18.4 Å². The highest BCUT2D eigenvalue weighted by Gasteiger charge is 2.35. The standard InChI is InChI=1S/C17H26N2O3/c1-18(8-9-22-2)10-15-11-19(12-16(15)13-20)17(21)14-6-4-3-5-7-14/h3-7,15-16,20H,8-13H2,1-2H3/t15-,16-/m1/s1. The predicted octanol–water partition coefficient (Wildman–Crippen LogP) is 0.945. The highest BCUT2D eigenvalue weighted by molar-refractivity contribution is 5.94. The summed E-state index contributed by atoms with van der Waals surface area (Å²) in [5, 5.41) is 9.61. The Morgan fingerprint density at radius 1 is 1.32 bits per heavy atom. The van der Waals surface area contributed by atoms with Crippen molar-refractivity contribution in [3.05, 3.63) is 35.9 Å². The van der Waals surface area contributed by atoms with E-state index in [0.717, 1.165) is 13.1 Å². The lowest BCUT2D eigenvalue weighted by Gasteiger charge is -2.23. The second kappa shape index (κ2) is 8.27. The summed E-state index contributed by atoms with van der Waals surface area (Å²) >= 11 is 0. The first-order valence-electron chi connectivity index (χ1n) is 7.78. The number of benzene rings is 1. The van der Waals surface area contributed by atoms with E-state index >= 15 is 0 Å². The van der Waals surface area contributed by atoms with Gasteiger partial charge in [0.05, 0.1) is 6.61 Å². The van der Waals surface area contributed by atoms with E-state index < -0.39 is 0 Å². The molecule has 1 aromatic rings. The molecular formula is C17H26N2O3. The number of aliphatic hydroxyl groups is 1. The van der Waals surface area contributed by atoms with Crippen LogP contribution in [0.2, 0.25) is 0 Å². The van der Waals surface area contributed by atoms with Gasteiger partial charge in [-0.05, 0) is 25.1 Å². The number of methoxy groups -OCH3 is 1. The molecule has 0 saturated carbocycles. The van der Waals surface area contributed by atoms with Crippen LogP contribution in [0.25, 0.3) is 0 Å². The average Bonchev–Trinajstić information content (AvgIpc) is 2.95. The maximum absolute atomic E-state index is 12.5. The molecule has 1 aromatic carbocycles. The summed E-state index contributed by atoms with van der Waals surface area (Å²) in [6.45, 7) is 3.88. The molecule has 5 nitrogen and oxygen atoms in total. The number of hydrogen-bond donors (Lipinski definition) is 1. The van der Waals surface area contributed by atoms with Crippen molar-refractivity contribution in [3.63, 3.8) is 0 Å². The molecule has 1 N–H and O–H groups in total. The van der Waals surface area contributed by atoms with Crippen LogP contribution in [-0.4, -0.2) is 74.4 Å². The molecule has 0 spiro atoms. The van der Waals surface area contributed by atoms with Gasteiger partial charge in [-0.2, -0.15) is 0 Å². The number of ether oxygens (including phenoxy) is 1. The number of rotatable bonds is 7. The minimum absolute atomic E-state index is 0.0566. The number of nitrogens with zero attached hydrogens (tertiary/aromatic N) is 2. The summed E-state index contributed by atoms with van der Waals surface area (Å²) in [6, 6.07) is 9.35. The first-order chi connectivity index (χ1) is 10.7. The number of carbonyl (C=O) groups excluding carboxylic acids is 1. The van der Waals surface area contributed by atoms with E-state index in [9.17, 15) is 9.90 Å². The van der Waals surface area contributed by atoms with Gasteiger partial charge in [0.1, 0.15) is 0 Å². The van der Waals surface area contributed by atoms with Crippen molar-refractivity contribution in [2.45, 2.75) is 0 Å². The van der Waals surface area contributed by atoms with Crippen LogP contribution >= 0.6 is 0 Å². The largest absolute Gasteiger partial charge is 0.396 e. The fraction of sp³-hybridized carbons (Fsp3) is 0.588. The number of carbonyl (C=O) groups is 1. The van der Waals surface area contributed by atoms with Crippen molar-refractivity contribution >= 4 is 5.91 Å². The van der Waals surface area contributed by atoms with Gasteiger partial charge in [-0.1, -0.05) is 18.2 Å². The molecule has 122 valence electrons. The maximum Gasteiger partial charge on any atom is 0.253 e. The van der Waals surface area contributed by atoms with Crippen molar-refractivity contribution in [2.24, 2.45) is 11.8 Å². The fourth-order valence-corrected chi connectivity index (χ4v) is 3.02. The first-order valence-corrected chi connectivity index (χ1v) is 7.78. The summed E-state index contributed by atoms with van der Waals surface area (Å²) in [6.07, 6.45) is 0. The van der Waals surface area contributed by atoms with Crippen LogP contribution in [0.15, 0.2) is 30.3 Å². The number of amides is 1. The predicted molar refractivity (Wildman–Crippen MR) is 85.8 cm³/mol. The van der Waals surface area contributed by atoms with Crippen molar-refractivity contribution in [1.29, 1.82) is 0 Å². The lowest BCUT2D eigenvalue weighted by molar-refractivity contribution is 0.0778. The molecule has 1 aliphatic heterocycles. The van der Waals surface area contributed by atoms with E-state index in [0.29, 0.717) is 31.2 Å². The van der Waals surface area contributed by atoms with Gasteiger partial charge in [-0.3, -0.25) is 4.79 Å². The zero-order valence-electron chi connectivity index (χ0n) is 13.4. The van der Waals surface area contributed by atoms with Gasteiger partial charge in [0.25, 0.3) is 5.91 Å². The van der Waals surface area contributed by atoms with Gasteiger partial charge in [0.15, 0.2) is 0 Å². The summed E-state index contributed by atoms with van der Waals surface area (Å²) in [7, 11) is 3.75. The summed E-state index contributed by atoms with van der Waals surface area (Å²) < 4.78 is 5.09. The molecule has 22 heavy (non-hydrogen) atoms. The van der Waals surface area contributed by atoms with Gasteiger partial charge < -0.3 is 19.6 Å². The lowest BCUT2D eigenvalue weighted by atomic mass is 9.96. The Hall–Kier alpha value is -1.43. The molecule has 1 fully saturated rings. The first kappa shape index (κ1) is 16.9. The molecule has 1 heterocycles. The van der Waals surface area contributed by atoms with Crippen molar-refractivity contribution in [3.8, 4) is 0 Å². The second-order valence-electron chi connectivity index (χ2n) is 6.03. The van der Waals surface area contributed by atoms with Gasteiger partial charge in [-0.15, -0.1) is 0 Å². The molecule has 1 saturated heterocycles. The molecule has 0 aromatic heterocycles. The Labute approximate surface area is 132 Å². The second-order valence-corrected chi connectivity index (χ2v) is 6.03.